The normalized spacial score (nSPS) is 9.83. The third kappa shape index (κ3) is 7.50. The van der Waals surface area contributed by atoms with Crippen LogP contribution in [0.2, 0.25) is 0 Å². The second-order valence-corrected chi connectivity index (χ2v) is 2.27. The molecule has 0 aromatic rings. The Balaban J connectivity index is 2.95. The minimum Gasteiger partial charge on any atom is -0.469 e. The summed E-state index contributed by atoms with van der Waals surface area (Å²) in [5, 5.41) is 3.06. The third-order valence-electron chi connectivity index (χ3n) is 1.36. The van der Waals surface area contributed by atoms with Crippen LogP contribution in [-0.4, -0.2) is 39.4 Å². The Kier molecular flexibility index (Phi) is 8.05. The highest BCUT2D eigenvalue weighted by molar-refractivity contribution is 5.69. The Morgan fingerprint density at radius 1 is 1.42 bits per heavy atom. The summed E-state index contributed by atoms with van der Waals surface area (Å²) in [7, 11) is 1.39. The van der Waals surface area contributed by atoms with Crippen molar-refractivity contribution >= 4 is 5.97 Å². The Bertz CT molecular complexity index is 117. The van der Waals surface area contributed by atoms with Gasteiger partial charge in [0.25, 0.3) is 0 Å². The van der Waals surface area contributed by atoms with Crippen LogP contribution >= 0.6 is 0 Å². The van der Waals surface area contributed by atoms with Crippen LogP contribution in [0.25, 0.3) is 0 Å². The van der Waals surface area contributed by atoms with Gasteiger partial charge in [-0.15, -0.1) is 0 Å². The van der Waals surface area contributed by atoms with Gasteiger partial charge in [-0.05, 0) is 6.92 Å². The van der Waals surface area contributed by atoms with Gasteiger partial charge in [0.05, 0.1) is 20.1 Å². The van der Waals surface area contributed by atoms with Crippen molar-refractivity contribution in [2.75, 3.05) is 33.4 Å². The van der Waals surface area contributed by atoms with Gasteiger partial charge in [0.2, 0.25) is 0 Å². The number of methoxy groups -OCH3 is 1. The summed E-state index contributed by atoms with van der Waals surface area (Å²) in [5.41, 5.74) is 0. The molecule has 0 saturated heterocycles. The van der Waals surface area contributed by atoms with Gasteiger partial charge < -0.3 is 14.8 Å². The molecule has 4 nitrogen and oxygen atoms in total. The molecule has 0 heterocycles. The SMILES string of the molecule is CCOCCNCCC(=O)OC. The fraction of sp³-hybridized carbons (Fsp3) is 0.875. The van der Waals surface area contributed by atoms with Crippen LogP contribution in [0.3, 0.4) is 0 Å². The van der Waals surface area contributed by atoms with Crippen LogP contribution in [0.4, 0.5) is 0 Å². The van der Waals surface area contributed by atoms with Crippen LogP contribution in [-0.2, 0) is 14.3 Å². The smallest absolute Gasteiger partial charge is 0.306 e. The summed E-state index contributed by atoms with van der Waals surface area (Å²) >= 11 is 0. The lowest BCUT2D eigenvalue weighted by Crippen LogP contribution is -2.23. The van der Waals surface area contributed by atoms with Gasteiger partial charge in [-0.1, -0.05) is 0 Å². The fourth-order valence-corrected chi connectivity index (χ4v) is 0.706. The van der Waals surface area contributed by atoms with Crippen LogP contribution in [0.5, 0.6) is 0 Å². The van der Waals surface area contributed by atoms with E-state index in [4.69, 9.17) is 4.74 Å². The molecule has 0 amide bonds. The largest absolute Gasteiger partial charge is 0.469 e. The van der Waals surface area contributed by atoms with Gasteiger partial charge in [-0.3, -0.25) is 4.79 Å². The number of carbonyl (C=O) groups excluding carboxylic acids is 1. The van der Waals surface area contributed by atoms with E-state index >= 15 is 0 Å². The lowest BCUT2D eigenvalue weighted by Gasteiger charge is -2.03. The molecular formula is C8H17NO3. The maximum absolute atomic E-state index is 10.6. The van der Waals surface area contributed by atoms with Gasteiger partial charge in [0.1, 0.15) is 0 Å². The number of nitrogens with one attached hydrogen (secondary N) is 1. The first-order valence-corrected chi connectivity index (χ1v) is 4.16. The predicted molar refractivity (Wildman–Crippen MR) is 46.0 cm³/mol. The molecule has 0 aliphatic carbocycles. The lowest BCUT2D eigenvalue weighted by molar-refractivity contribution is -0.140. The van der Waals surface area contributed by atoms with Gasteiger partial charge in [-0.25, -0.2) is 0 Å². The van der Waals surface area contributed by atoms with Crippen molar-refractivity contribution in [2.45, 2.75) is 13.3 Å². The summed E-state index contributed by atoms with van der Waals surface area (Å²) in [6.07, 6.45) is 0.419. The Morgan fingerprint density at radius 2 is 2.17 bits per heavy atom. The standard InChI is InChI=1S/C8H17NO3/c1-3-12-7-6-9-5-4-8(10)11-2/h9H,3-7H2,1-2H3. The zero-order valence-electron chi connectivity index (χ0n) is 7.76. The topological polar surface area (TPSA) is 47.6 Å². The number of ether oxygens (including phenoxy) is 2. The van der Waals surface area contributed by atoms with Crippen molar-refractivity contribution < 1.29 is 14.3 Å². The molecule has 0 aromatic carbocycles. The summed E-state index contributed by atoms with van der Waals surface area (Å²) < 4.78 is 9.56. The van der Waals surface area contributed by atoms with Gasteiger partial charge in [-0.2, -0.15) is 0 Å². The highest BCUT2D eigenvalue weighted by Crippen LogP contribution is 1.80. The molecule has 1 N–H and O–H groups in total. The summed E-state index contributed by atoms with van der Waals surface area (Å²) in [6, 6.07) is 0. The highest BCUT2D eigenvalue weighted by Gasteiger charge is 1.97. The third-order valence-corrected chi connectivity index (χ3v) is 1.36. The monoisotopic (exact) mass is 175 g/mol. The molecule has 0 aliphatic rings. The Morgan fingerprint density at radius 3 is 2.75 bits per heavy atom. The van der Waals surface area contributed by atoms with E-state index in [0.717, 1.165) is 13.2 Å². The number of carbonyl (C=O) groups is 1. The fourth-order valence-electron chi connectivity index (χ4n) is 0.706. The Labute approximate surface area is 73.2 Å². The van der Waals surface area contributed by atoms with Gasteiger partial charge >= 0.3 is 5.97 Å². The molecule has 0 spiro atoms. The van der Waals surface area contributed by atoms with Crippen LogP contribution in [0.1, 0.15) is 13.3 Å². The summed E-state index contributed by atoms with van der Waals surface area (Å²) in [6.45, 7) is 4.81. The summed E-state index contributed by atoms with van der Waals surface area (Å²) in [5.74, 6) is -0.182. The molecule has 0 aliphatic heterocycles. The first kappa shape index (κ1) is 11.4. The maximum Gasteiger partial charge on any atom is 0.306 e. The first-order chi connectivity index (χ1) is 5.81. The second-order valence-electron chi connectivity index (χ2n) is 2.27. The molecule has 0 bridgehead atoms. The van der Waals surface area contributed by atoms with E-state index in [1.807, 2.05) is 6.92 Å². The minimum absolute atomic E-state index is 0.182. The molecular weight excluding hydrogens is 158 g/mol. The second kappa shape index (κ2) is 8.49. The highest BCUT2D eigenvalue weighted by atomic mass is 16.5. The van der Waals surface area contributed by atoms with E-state index in [9.17, 15) is 4.79 Å². The van der Waals surface area contributed by atoms with Gasteiger partial charge in [0.15, 0.2) is 0 Å². The predicted octanol–water partition coefficient (Wildman–Crippen LogP) is 0.176. The number of hydrogen-bond donors (Lipinski definition) is 1. The molecule has 4 heteroatoms. The van der Waals surface area contributed by atoms with Gasteiger partial charge in [0, 0.05) is 19.7 Å². The van der Waals surface area contributed by atoms with E-state index in [2.05, 4.69) is 10.1 Å². The molecule has 0 aromatic heterocycles. The molecule has 0 atom stereocenters. The number of hydrogen-bond acceptors (Lipinski definition) is 4. The molecule has 72 valence electrons. The average molecular weight is 175 g/mol. The van der Waals surface area contributed by atoms with E-state index in [1.165, 1.54) is 7.11 Å². The number of rotatable bonds is 7. The number of esters is 1. The minimum atomic E-state index is -0.182. The quantitative estimate of drug-likeness (QED) is 0.443. The molecule has 0 saturated carbocycles. The molecule has 0 rings (SSSR count). The van der Waals surface area contributed by atoms with Crippen molar-refractivity contribution in [2.24, 2.45) is 0 Å². The average Bonchev–Trinajstić information content (AvgIpc) is 2.10. The van der Waals surface area contributed by atoms with Crippen molar-refractivity contribution in [3.8, 4) is 0 Å². The molecule has 12 heavy (non-hydrogen) atoms. The zero-order valence-corrected chi connectivity index (χ0v) is 7.76. The van der Waals surface area contributed by atoms with E-state index in [0.29, 0.717) is 19.6 Å². The van der Waals surface area contributed by atoms with Crippen LogP contribution in [0.15, 0.2) is 0 Å². The molecule has 0 radical (unpaired) electrons. The lowest BCUT2D eigenvalue weighted by atomic mass is 10.4. The first-order valence-electron chi connectivity index (χ1n) is 4.16. The van der Waals surface area contributed by atoms with E-state index < -0.39 is 0 Å². The van der Waals surface area contributed by atoms with Crippen molar-refractivity contribution in [3.63, 3.8) is 0 Å². The van der Waals surface area contributed by atoms with Crippen molar-refractivity contribution in [3.05, 3.63) is 0 Å². The summed E-state index contributed by atoms with van der Waals surface area (Å²) in [4.78, 5) is 10.6. The van der Waals surface area contributed by atoms with E-state index in [-0.39, 0.29) is 5.97 Å². The van der Waals surface area contributed by atoms with Crippen molar-refractivity contribution in [1.82, 2.24) is 5.32 Å². The molecule has 0 unspecified atom stereocenters. The maximum atomic E-state index is 10.6. The van der Waals surface area contributed by atoms with Crippen molar-refractivity contribution in [1.29, 1.82) is 0 Å². The van der Waals surface area contributed by atoms with Crippen LogP contribution < -0.4 is 5.32 Å². The Hall–Kier alpha value is -0.610. The van der Waals surface area contributed by atoms with E-state index in [1.54, 1.807) is 0 Å². The zero-order chi connectivity index (χ0) is 9.23. The molecule has 0 fully saturated rings. The van der Waals surface area contributed by atoms with Crippen LogP contribution in [0, 0.1) is 0 Å².